The number of benzene rings is 2. The first-order valence-electron chi connectivity index (χ1n) is 9.61. The Morgan fingerprint density at radius 3 is 2.47 bits per heavy atom. The average molecular weight is 432 g/mol. The number of amides is 1. The topological polar surface area (TPSA) is 50.6 Å². The van der Waals surface area contributed by atoms with E-state index >= 15 is 0 Å². The SMILES string of the molecule is COc1ccc(N2CCN(C(=O)CSc3nc4ccccc4n3C(F)F)CC2)cc1. The van der Waals surface area contributed by atoms with Gasteiger partial charge in [0.2, 0.25) is 5.91 Å². The van der Waals surface area contributed by atoms with E-state index in [9.17, 15) is 13.6 Å². The molecule has 30 heavy (non-hydrogen) atoms. The molecule has 0 aliphatic carbocycles. The number of piperazine rings is 1. The summed E-state index contributed by atoms with van der Waals surface area (Å²) in [5.41, 5.74) is 1.96. The second kappa shape index (κ2) is 8.91. The number of nitrogens with zero attached hydrogens (tertiary/aromatic N) is 4. The van der Waals surface area contributed by atoms with Crippen LogP contribution in [0.25, 0.3) is 11.0 Å². The standard InChI is InChI=1S/C21H22F2N4O2S/c1-29-16-8-6-15(7-9-16)25-10-12-26(13-11-25)19(28)14-30-21-24-17-4-2-3-5-18(17)27(21)20(22)23/h2-9,20H,10-14H2,1H3. The van der Waals surface area contributed by atoms with E-state index in [1.807, 2.05) is 24.3 Å². The fourth-order valence-corrected chi connectivity index (χ4v) is 4.45. The van der Waals surface area contributed by atoms with Crippen LogP contribution in [-0.2, 0) is 4.79 Å². The molecular formula is C21H22F2N4O2S. The highest BCUT2D eigenvalue weighted by molar-refractivity contribution is 7.99. The lowest BCUT2D eigenvalue weighted by molar-refractivity contribution is -0.128. The number of carbonyl (C=O) groups excluding carboxylic acids is 1. The van der Waals surface area contributed by atoms with Gasteiger partial charge in [0.15, 0.2) is 5.16 Å². The van der Waals surface area contributed by atoms with Crippen molar-refractivity contribution in [3.05, 3.63) is 48.5 Å². The number of hydrogen-bond acceptors (Lipinski definition) is 5. The van der Waals surface area contributed by atoms with Gasteiger partial charge in [-0.1, -0.05) is 23.9 Å². The monoisotopic (exact) mass is 432 g/mol. The number of alkyl halides is 2. The summed E-state index contributed by atoms with van der Waals surface area (Å²) in [6.07, 6.45) is 0. The van der Waals surface area contributed by atoms with Crippen molar-refractivity contribution in [2.45, 2.75) is 11.7 Å². The van der Waals surface area contributed by atoms with Crippen LogP contribution in [0.2, 0.25) is 0 Å². The molecule has 6 nitrogen and oxygen atoms in total. The number of aromatic nitrogens is 2. The van der Waals surface area contributed by atoms with Crippen molar-refractivity contribution < 1.29 is 18.3 Å². The van der Waals surface area contributed by atoms with Gasteiger partial charge in [0.25, 0.3) is 0 Å². The molecule has 0 atom stereocenters. The summed E-state index contributed by atoms with van der Waals surface area (Å²) in [5, 5.41) is 0.163. The fraction of sp³-hybridized carbons (Fsp3) is 0.333. The highest BCUT2D eigenvalue weighted by atomic mass is 32.2. The van der Waals surface area contributed by atoms with Crippen LogP contribution in [0.4, 0.5) is 14.5 Å². The molecule has 0 N–H and O–H groups in total. The summed E-state index contributed by atoms with van der Waals surface area (Å²) in [6, 6.07) is 14.6. The molecule has 158 valence electrons. The first-order valence-corrected chi connectivity index (χ1v) is 10.6. The van der Waals surface area contributed by atoms with E-state index < -0.39 is 6.55 Å². The van der Waals surface area contributed by atoms with Crippen LogP contribution in [0, 0.1) is 0 Å². The van der Waals surface area contributed by atoms with Gasteiger partial charge in [0.1, 0.15) is 5.75 Å². The van der Waals surface area contributed by atoms with E-state index in [1.54, 1.807) is 36.3 Å². The molecule has 1 aliphatic rings. The van der Waals surface area contributed by atoms with Crippen molar-refractivity contribution in [1.82, 2.24) is 14.5 Å². The fourth-order valence-electron chi connectivity index (χ4n) is 3.54. The van der Waals surface area contributed by atoms with E-state index in [0.29, 0.717) is 24.1 Å². The normalized spacial score (nSPS) is 14.5. The molecule has 4 rings (SSSR count). The summed E-state index contributed by atoms with van der Waals surface area (Å²) in [4.78, 5) is 20.9. The summed E-state index contributed by atoms with van der Waals surface area (Å²) in [5.74, 6) is 0.820. The van der Waals surface area contributed by atoms with Crippen LogP contribution in [0.3, 0.4) is 0 Å². The van der Waals surface area contributed by atoms with Gasteiger partial charge < -0.3 is 14.5 Å². The molecule has 2 heterocycles. The van der Waals surface area contributed by atoms with Gasteiger partial charge in [-0.3, -0.25) is 9.36 Å². The van der Waals surface area contributed by atoms with Gasteiger partial charge in [0.05, 0.1) is 23.9 Å². The molecular weight excluding hydrogens is 410 g/mol. The molecule has 0 bridgehead atoms. The van der Waals surface area contributed by atoms with Crippen LogP contribution in [0.5, 0.6) is 5.75 Å². The Balaban J connectivity index is 1.35. The zero-order valence-electron chi connectivity index (χ0n) is 16.5. The number of anilines is 1. The van der Waals surface area contributed by atoms with E-state index in [1.165, 1.54) is 0 Å². The minimum atomic E-state index is -2.71. The smallest absolute Gasteiger partial charge is 0.321 e. The molecule has 1 fully saturated rings. The predicted octanol–water partition coefficient (Wildman–Crippen LogP) is 3.88. The number of para-hydroxylation sites is 2. The number of imidazole rings is 1. The zero-order chi connectivity index (χ0) is 21.1. The molecule has 1 amide bonds. The van der Waals surface area contributed by atoms with Gasteiger partial charge in [-0.15, -0.1) is 0 Å². The Kier molecular flexibility index (Phi) is 6.08. The van der Waals surface area contributed by atoms with Crippen molar-refractivity contribution in [3.8, 4) is 5.75 Å². The van der Waals surface area contributed by atoms with Gasteiger partial charge in [-0.2, -0.15) is 8.78 Å². The van der Waals surface area contributed by atoms with Gasteiger partial charge >= 0.3 is 6.55 Å². The van der Waals surface area contributed by atoms with Crippen molar-refractivity contribution in [2.24, 2.45) is 0 Å². The molecule has 0 spiro atoms. The lowest BCUT2D eigenvalue weighted by atomic mass is 10.2. The van der Waals surface area contributed by atoms with Gasteiger partial charge in [-0.05, 0) is 36.4 Å². The van der Waals surface area contributed by atoms with Crippen molar-refractivity contribution in [2.75, 3.05) is 43.9 Å². The summed E-state index contributed by atoms with van der Waals surface area (Å²) in [6.45, 7) is -0.0766. The van der Waals surface area contributed by atoms with Crippen LogP contribution in [0.1, 0.15) is 6.55 Å². The van der Waals surface area contributed by atoms with Gasteiger partial charge in [0, 0.05) is 31.9 Å². The van der Waals surface area contributed by atoms with E-state index in [2.05, 4.69) is 9.88 Å². The third kappa shape index (κ3) is 4.21. The molecule has 0 radical (unpaired) electrons. The molecule has 1 saturated heterocycles. The van der Waals surface area contributed by atoms with E-state index in [-0.39, 0.29) is 16.8 Å². The highest BCUT2D eigenvalue weighted by Crippen LogP contribution is 2.29. The summed E-state index contributed by atoms with van der Waals surface area (Å²) in [7, 11) is 1.63. The van der Waals surface area contributed by atoms with Crippen LogP contribution in [-0.4, -0.2) is 59.4 Å². The van der Waals surface area contributed by atoms with Crippen molar-refractivity contribution >= 4 is 34.4 Å². The minimum absolute atomic E-state index is 0.0674. The molecule has 1 aromatic heterocycles. The average Bonchev–Trinajstić information content (AvgIpc) is 3.16. The van der Waals surface area contributed by atoms with Crippen molar-refractivity contribution in [3.63, 3.8) is 0 Å². The summed E-state index contributed by atoms with van der Waals surface area (Å²) >= 11 is 1.06. The number of rotatable bonds is 6. The van der Waals surface area contributed by atoms with Crippen LogP contribution < -0.4 is 9.64 Å². The maximum atomic E-state index is 13.5. The number of methoxy groups -OCH3 is 1. The number of carbonyl (C=O) groups is 1. The Morgan fingerprint density at radius 2 is 1.80 bits per heavy atom. The molecule has 2 aromatic carbocycles. The molecule has 3 aromatic rings. The van der Waals surface area contributed by atoms with E-state index in [4.69, 9.17) is 4.74 Å². The first-order chi connectivity index (χ1) is 14.6. The van der Waals surface area contributed by atoms with E-state index in [0.717, 1.165) is 40.9 Å². The maximum absolute atomic E-state index is 13.5. The van der Waals surface area contributed by atoms with Crippen molar-refractivity contribution in [1.29, 1.82) is 0 Å². The Morgan fingerprint density at radius 1 is 1.10 bits per heavy atom. The highest BCUT2D eigenvalue weighted by Gasteiger charge is 2.23. The Labute approximate surface area is 177 Å². The third-order valence-corrected chi connectivity index (χ3v) is 6.09. The van der Waals surface area contributed by atoms with Gasteiger partial charge in [-0.25, -0.2) is 4.98 Å². The number of fused-ring (bicyclic) bond motifs is 1. The lowest BCUT2D eigenvalue weighted by Crippen LogP contribution is -2.49. The largest absolute Gasteiger partial charge is 0.497 e. The minimum Gasteiger partial charge on any atom is -0.497 e. The Hall–Kier alpha value is -2.81. The molecule has 9 heteroatoms. The third-order valence-electron chi connectivity index (χ3n) is 5.15. The maximum Gasteiger partial charge on any atom is 0.321 e. The number of halogens is 2. The first kappa shape index (κ1) is 20.5. The number of thioether (sulfide) groups is 1. The predicted molar refractivity (Wildman–Crippen MR) is 113 cm³/mol. The van der Waals surface area contributed by atoms with Crippen LogP contribution >= 0.6 is 11.8 Å². The number of hydrogen-bond donors (Lipinski definition) is 0. The molecule has 0 saturated carbocycles. The second-order valence-electron chi connectivity index (χ2n) is 6.89. The molecule has 0 unspecified atom stereocenters. The lowest BCUT2D eigenvalue weighted by Gasteiger charge is -2.36. The van der Waals surface area contributed by atoms with Crippen LogP contribution in [0.15, 0.2) is 53.7 Å². The Bertz CT molecular complexity index is 1020. The number of ether oxygens (including phenoxy) is 1. The zero-order valence-corrected chi connectivity index (χ0v) is 17.3. The molecule has 1 aliphatic heterocycles. The second-order valence-corrected chi connectivity index (χ2v) is 7.83. The summed E-state index contributed by atoms with van der Waals surface area (Å²) < 4.78 is 33.1. The quantitative estimate of drug-likeness (QED) is 0.554.